The highest BCUT2D eigenvalue weighted by Crippen LogP contribution is 2.41. The van der Waals surface area contributed by atoms with E-state index in [2.05, 4.69) is 5.32 Å². The molecule has 5 nitrogen and oxygen atoms in total. The van der Waals surface area contributed by atoms with E-state index in [1.807, 2.05) is 13.8 Å². The van der Waals surface area contributed by atoms with Crippen LogP contribution in [0.1, 0.15) is 26.7 Å². The monoisotopic (exact) mass is 272 g/mol. The zero-order chi connectivity index (χ0) is 13.3. The lowest BCUT2D eigenvalue weighted by molar-refractivity contribution is -0.149. The van der Waals surface area contributed by atoms with Crippen molar-refractivity contribution in [3.63, 3.8) is 0 Å². The number of carbonyl (C=O) groups is 2. The van der Waals surface area contributed by atoms with Crippen LogP contribution in [0, 0.1) is 5.92 Å². The van der Waals surface area contributed by atoms with Crippen LogP contribution in [0.5, 0.6) is 0 Å². The molecular formula is C12H20N2O3S. The quantitative estimate of drug-likeness (QED) is 0.759. The third-order valence-corrected chi connectivity index (χ3v) is 5.05. The van der Waals surface area contributed by atoms with E-state index >= 15 is 0 Å². The molecule has 0 radical (unpaired) electrons. The lowest BCUT2D eigenvalue weighted by Gasteiger charge is -2.40. The molecule has 1 aliphatic carbocycles. The van der Waals surface area contributed by atoms with Crippen molar-refractivity contribution >= 4 is 22.6 Å². The van der Waals surface area contributed by atoms with E-state index in [4.69, 9.17) is 0 Å². The van der Waals surface area contributed by atoms with Gasteiger partial charge in [-0.3, -0.25) is 13.8 Å². The molecule has 0 aromatic rings. The molecule has 1 heterocycles. The van der Waals surface area contributed by atoms with E-state index in [9.17, 15) is 13.8 Å². The van der Waals surface area contributed by atoms with Gasteiger partial charge in [0.15, 0.2) is 0 Å². The van der Waals surface area contributed by atoms with Gasteiger partial charge in [0.05, 0.1) is 6.54 Å². The predicted octanol–water partition coefficient (Wildman–Crippen LogP) is -0.118. The van der Waals surface area contributed by atoms with Crippen LogP contribution in [0.25, 0.3) is 0 Å². The van der Waals surface area contributed by atoms with Crippen molar-refractivity contribution in [2.75, 3.05) is 24.6 Å². The van der Waals surface area contributed by atoms with Gasteiger partial charge in [-0.05, 0) is 25.7 Å². The summed E-state index contributed by atoms with van der Waals surface area (Å²) in [5.74, 6) is 1.20. The molecule has 2 aliphatic rings. The van der Waals surface area contributed by atoms with Gasteiger partial charge in [-0.1, -0.05) is 6.92 Å². The molecule has 102 valence electrons. The fourth-order valence-electron chi connectivity index (χ4n) is 2.43. The van der Waals surface area contributed by atoms with Gasteiger partial charge in [0.1, 0.15) is 5.54 Å². The fourth-order valence-corrected chi connectivity index (χ4v) is 3.14. The van der Waals surface area contributed by atoms with Crippen molar-refractivity contribution in [3.05, 3.63) is 0 Å². The average Bonchev–Trinajstić information content (AvgIpc) is 3.15. The molecule has 0 spiro atoms. The number of piperazine rings is 1. The molecule has 2 atom stereocenters. The molecule has 1 N–H and O–H groups in total. The van der Waals surface area contributed by atoms with Gasteiger partial charge in [-0.15, -0.1) is 0 Å². The third-order valence-electron chi connectivity index (χ3n) is 3.77. The molecule has 0 aromatic heterocycles. The maximum absolute atomic E-state index is 12.4. The van der Waals surface area contributed by atoms with Gasteiger partial charge in [-0.25, -0.2) is 0 Å². The van der Waals surface area contributed by atoms with E-state index in [1.165, 1.54) is 0 Å². The number of nitrogens with zero attached hydrogens (tertiary/aromatic N) is 1. The van der Waals surface area contributed by atoms with Crippen molar-refractivity contribution in [2.45, 2.75) is 32.2 Å². The second-order valence-corrected chi connectivity index (χ2v) is 7.05. The largest absolute Gasteiger partial charge is 0.340 e. The number of carbonyl (C=O) groups excluding carboxylic acids is 2. The van der Waals surface area contributed by atoms with Crippen LogP contribution in [0.4, 0.5) is 0 Å². The molecular weight excluding hydrogens is 252 g/mol. The summed E-state index contributed by atoms with van der Waals surface area (Å²) in [6, 6.07) is 0. The SMILES string of the molecule is CCS(=O)CCN1CC(=O)NC(C)(C2CC2)C1=O. The first-order valence-electron chi connectivity index (χ1n) is 6.42. The predicted molar refractivity (Wildman–Crippen MR) is 69.4 cm³/mol. The summed E-state index contributed by atoms with van der Waals surface area (Å²) < 4.78 is 11.4. The topological polar surface area (TPSA) is 66.5 Å². The van der Waals surface area contributed by atoms with E-state index in [0.717, 1.165) is 12.8 Å². The molecule has 2 fully saturated rings. The molecule has 2 rings (SSSR count). The summed E-state index contributed by atoms with van der Waals surface area (Å²) in [6.07, 6.45) is 1.99. The Morgan fingerprint density at radius 1 is 1.44 bits per heavy atom. The fraction of sp³-hybridized carbons (Fsp3) is 0.833. The van der Waals surface area contributed by atoms with Crippen molar-refractivity contribution < 1.29 is 13.8 Å². The lowest BCUT2D eigenvalue weighted by atomic mass is 9.91. The van der Waals surface area contributed by atoms with Crippen molar-refractivity contribution in [3.8, 4) is 0 Å². The zero-order valence-corrected chi connectivity index (χ0v) is 11.7. The van der Waals surface area contributed by atoms with E-state index in [-0.39, 0.29) is 24.3 Å². The van der Waals surface area contributed by atoms with Crippen LogP contribution in [-0.4, -0.2) is 51.1 Å². The first-order valence-corrected chi connectivity index (χ1v) is 7.91. The van der Waals surface area contributed by atoms with Crippen molar-refractivity contribution in [2.24, 2.45) is 5.92 Å². The highest BCUT2D eigenvalue weighted by atomic mass is 32.2. The minimum atomic E-state index is -0.900. The summed E-state index contributed by atoms with van der Waals surface area (Å²) in [6.45, 7) is 4.18. The second-order valence-electron chi connectivity index (χ2n) is 5.18. The molecule has 1 saturated carbocycles. The number of nitrogens with one attached hydrogen (secondary N) is 1. The molecule has 2 unspecified atom stereocenters. The first kappa shape index (κ1) is 13.5. The minimum Gasteiger partial charge on any atom is -0.340 e. The Hall–Kier alpha value is -0.910. The molecule has 0 aromatic carbocycles. The molecule has 6 heteroatoms. The highest BCUT2D eigenvalue weighted by molar-refractivity contribution is 7.84. The van der Waals surface area contributed by atoms with E-state index in [1.54, 1.807) is 4.90 Å². The minimum absolute atomic E-state index is 0.0160. The Morgan fingerprint density at radius 2 is 2.11 bits per heavy atom. The Balaban J connectivity index is 2.03. The van der Waals surface area contributed by atoms with Crippen LogP contribution in [0.3, 0.4) is 0 Å². The number of amides is 2. The highest BCUT2D eigenvalue weighted by Gasteiger charge is 2.52. The van der Waals surface area contributed by atoms with Crippen LogP contribution < -0.4 is 5.32 Å². The smallest absolute Gasteiger partial charge is 0.248 e. The van der Waals surface area contributed by atoms with Gasteiger partial charge in [0, 0.05) is 28.9 Å². The van der Waals surface area contributed by atoms with Gasteiger partial charge < -0.3 is 10.2 Å². The van der Waals surface area contributed by atoms with Gasteiger partial charge in [0.25, 0.3) is 0 Å². The maximum atomic E-state index is 12.4. The maximum Gasteiger partial charge on any atom is 0.248 e. The van der Waals surface area contributed by atoms with E-state index in [0.29, 0.717) is 18.1 Å². The Labute approximate surface area is 110 Å². The summed E-state index contributed by atoms with van der Waals surface area (Å²) >= 11 is 0. The van der Waals surface area contributed by atoms with Crippen molar-refractivity contribution in [1.82, 2.24) is 10.2 Å². The summed E-state index contributed by atoms with van der Waals surface area (Å²) in [4.78, 5) is 25.6. The second kappa shape index (κ2) is 4.99. The Bertz CT molecular complexity index is 395. The molecule has 2 amide bonds. The summed E-state index contributed by atoms with van der Waals surface area (Å²) in [5.41, 5.74) is -0.733. The Kier molecular flexibility index (Phi) is 3.75. The third kappa shape index (κ3) is 2.58. The molecule has 1 aliphatic heterocycles. The van der Waals surface area contributed by atoms with E-state index < -0.39 is 16.3 Å². The van der Waals surface area contributed by atoms with Gasteiger partial charge >= 0.3 is 0 Å². The van der Waals surface area contributed by atoms with Crippen LogP contribution in [0.15, 0.2) is 0 Å². The zero-order valence-electron chi connectivity index (χ0n) is 10.9. The normalized spacial score (nSPS) is 30.2. The molecule has 0 bridgehead atoms. The van der Waals surface area contributed by atoms with Crippen LogP contribution in [0.2, 0.25) is 0 Å². The number of rotatable bonds is 5. The molecule has 18 heavy (non-hydrogen) atoms. The van der Waals surface area contributed by atoms with Crippen LogP contribution in [-0.2, 0) is 20.4 Å². The standard InChI is InChI=1S/C12H20N2O3S/c1-3-18(17)7-6-14-8-10(15)13-12(2,11(14)16)9-4-5-9/h9H,3-8H2,1-2H3,(H,13,15). The number of hydrogen-bond donors (Lipinski definition) is 1. The first-order chi connectivity index (χ1) is 8.47. The van der Waals surface area contributed by atoms with Crippen molar-refractivity contribution in [1.29, 1.82) is 0 Å². The van der Waals surface area contributed by atoms with Gasteiger partial charge in [-0.2, -0.15) is 0 Å². The van der Waals surface area contributed by atoms with Crippen LogP contribution >= 0.6 is 0 Å². The summed E-state index contributed by atoms with van der Waals surface area (Å²) in [5, 5.41) is 2.83. The Morgan fingerprint density at radius 3 is 2.67 bits per heavy atom. The summed E-state index contributed by atoms with van der Waals surface area (Å²) in [7, 11) is -0.900. The average molecular weight is 272 g/mol. The van der Waals surface area contributed by atoms with Gasteiger partial charge in [0.2, 0.25) is 11.8 Å². The lowest BCUT2D eigenvalue weighted by Crippen LogP contribution is -2.66. The molecule has 1 saturated heterocycles. The number of hydrogen-bond acceptors (Lipinski definition) is 3.